The maximum Gasteiger partial charge on any atom is 0.274 e. The molecule has 1 saturated heterocycles. The monoisotopic (exact) mass is 346 g/mol. The van der Waals surface area contributed by atoms with Gasteiger partial charge in [0.25, 0.3) is 11.8 Å². The maximum absolute atomic E-state index is 12.5. The van der Waals surface area contributed by atoms with Gasteiger partial charge in [-0.15, -0.1) is 11.3 Å². The number of aromatic nitrogens is 2. The highest BCUT2D eigenvalue weighted by molar-refractivity contribution is 7.13. The lowest BCUT2D eigenvalue weighted by Gasteiger charge is -2.34. The van der Waals surface area contributed by atoms with Crippen molar-refractivity contribution in [1.82, 2.24) is 19.6 Å². The van der Waals surface area contributed by atoms with E-state index in [1.807, 2.05) is 44.0 Å². The van der Waals surface area contributed by atoms with Crippen LogP contribution in [0, 0.1) is 6.92 Å². The Hall–Kier alpha value is -2.15. The fraction of sp³-hybridized carbons (Fsp3) is 0.471. The Morgan fingerprint density at radius 2 is 1.67 bits per heavy atom. The number of hydrogen-bond donors (Lipinski definition) is 0. The Labute approximate surface area is 145 Å². The van der Waals surface area contributed by atoms with Crippen molar-refractivity contribution < 1.29 is 9.59 Å². The number of hydrogen-bond acceptors (Lipinski definition) is 4. The Morgan fingerprint density at radius 3 is 2.17 bits per heavy atom. The van der Waals surface area contributed by atoms with Gasteiger partial charge < -0.3 is 9.80 Å². The molecule has 6 nitrogen and oxygen atoms in total. The van der Waals surface area contributed by atoms with E-state index in [1.54, 1.807) is 15.6 Å². The van der Waals surface area contributed by atoms with E-state index in [-0.39, 0.29) is 17.9 Å². The van der Waals surface area contributed by atoms with Crippen molar-refractivity contribution in [2.75, 3.05) is 26.2 Å². The highest BCUT2D eigenvalue weighted by atomic mass is 32.1. The van der Waals surface area contributed by atoms with E-state index in [1.165, 1.54) is 11.3 Å². The normalized spacial score (nSPS) is 15.2. The summed E-state index contributed by atoms with van der Waals surface area (Å²) in [6.45, 7) is 8.26. The molecule has 2 aromatic rings. The van der Waals surface area contributed by atoms with Crippen LogP contribution in [0.4, 0.5) is 0 Å². The Morgan fingerprint density at radius 1 is 1.04 bits per heavy atom. The van der Waals surface area contributed by atoms with Crippen LogP contribution in [0.5, 0.6) is 0 Å². The third-order valence-electron chi connectivity index (χ3n) is 4.16. The van der Waals surface area contributed by atoms with E-state index >= 15 is 0 Å². The Balaban J connectivity index is 1.60. The van der Waals surface area contributed by atoms with Crippen LogP contribution in [0.15, 0.2) is 24.4 Å². The van der Waals surface area contributed by atoms with Crippen LogP contribution >= 0.6 is 11.3 Å². The molecule has 0 aliphatic carbocycles. The van der Waals surface area contributed by atoms with E-state index in [2.05, 4.69) is 5.10 Å². The van der Waals surface area contributed by atoms with Gasteiger partial charge in [0.15, 0.2) is 0 Å². The lowest BCUT2D eigenvalue weighted by Crippen LogP contribution is -2.50. The van der Waals surface area contributed by atoms with Crippen LogP contribution in [-0.4, -0.2) is 57.6 Å². The maximum atomic E-state index is 12.5. The predicted molar refractivity (Wildman–Crippen MR) is 93.5 cm³/mol. The van der Waals surface area contributed by atoms with Crippen molar-refractivity contribution in [2.24, 2.45) is 0 Å². The van der Waals surface area contributed by atoms with Gasteiger partial charge in [0, 0.05) is 43.3 Å². The molecule has 1 aliphatic rings. The van der Waals surface area contributed by atoms with Gasteiger partial charge in [0.1, 0.15) is 5.69 Å². The largest absolute Gasteiger partial charge is 0.334 e. The van der Waals surface area contributed by atoms with Crippen LogP contribution in [0.25, 0.3) is 0 Å². The molecule has 1 aliphatic heterocycles. The molecular formula is C17H22N4O2S. The second-order valence-corrected chi connectivity index (χ2v) is 7.56. The van der Waals surface area contributed by atoms with E-state index in [9.17, 15) is 9.59 Å². The number of amides is 2. The molecule has 24 heavy (non-hydrogen) atoms. The minimum atomic E-state index is -0.0616. The standard InChI is InChI=1S/C17H22N4O2S/c1-12(2)21-7-6-14(18-21)16(22)19-8-10-20(11-9-19)17(23)15-5-4-13(3)24-15/h4-7,12H,8-11H2,1-3H3. The molecule has 2 amide bonds. The lowest BCUT2D eigenvalue weighted by atomic mass is 10.2. The second-order valence-electron chi connectivity index (χ2n) is 6.27. The number of thiophene rings is 1. The van der Waals surface area contributed by atoms with Crippen LogP contribution in [0.3, 0.4) is 0 Å². The van der Waals surface area contributed by atoms with Crippen molar-refractivity contribution in [3.8, 4) is 0 Å². The highest BCUT2D eigenvalue weighted by Gasteiger charge is 2.27. The van der Waals surface area contributed by atoms with Gasteiger partial charge >= 0.3 is 0 Å². The summed E-state index contributed by atoms with van der Waals surface area (Å²) in [5.41, 5.74) is 0.470. The van der Waals surface area contributed by atoms with E-state index < -0.39 is 0 Å². The first-order valence-electron chi connectivity index (χ1n) is 8.16. The van der Waals surface area contributed by atoms with Gasteiger partial charge in [-0.05, 0) is 39.0 Å². The van der Waals surface area contributed by atoms with Gasteiger partial charge in [-0.1, -0.05) is 0 Å². The van der Waals surface area contributed by atoms with E-state index in [4.69, 9.17) is 0 Å². The zero-order chi connectivity index (χ0) is 17.3. The lowest BCUT2D eigenvalue weighted by molar-refractivity contribution is 0.0534. The van der Waals surface area contributed by atoms with Gasteiger partial charge in [-0.2, -0.15) is 5.10 Å². The van der Waals surface area contributed by atoms with E-state index in [0.717, 1.165) is 9.75 Å². The van der Waals surface area contributed by atoms with Crippen LogP contribution in [0.1, 0.15) is 44.9 Å². The molecule has 0 spiro atoms. The fourth-order valence-corrected chi connectivity index (χ4v) is 3.56. The second kappa shape index (κ2) is 6.76. The van der Waals surface area contributed by atoms with Crippen molar-refractivity contribution in [1.29, 1.82) is 0 Å². The first kappa shape index (κ1) is 16.7. The molecule has 0 atom stereocenters. The van der Waals surface area contributed by atoms with Gasteiger partial charge in [-0.3, -0.25) is 14.3 Å². The average molecular weight is 346 g/mol. The highest BCUT2D eigenvalue weighted by Crippen LogP contribution is 2.18. The van der Waals surface area contributed by atoms with Crippen molar-refractivity contribution in [2.45, 2.75) is 26.8 Å². The van der Waals surface area contributed by atoms with Gasteiger partial charge in [-0.25, -0.2) is 0 Å². The quantitative estimate of drug-likeness (QED) is 0.858. The topological polar surface area (TPSA) is 58.4 Å². The summed E-state index contributed by atoms with van der Waals surface area (Å²) in [5, 5.41) is 4.34. The van der Waals surface area contributed by atoms with Crippen LogP contribution < -0.4 is 0 Å². The van der Waals surface area contributed by atoms with Gasteiger partial charge in [0.05, 0.1) is 4.88 Å². The molecule has 0 unspecified atom stereocenters. The smallest absolute Gasteiger partial charge is 0.274 e. The zero-order valence-electron chi connectivity index (χ0n) is 14.2. The van der Waals surface area contributed by atoms with Crippen molar-refractivity contribution in [3.63, 3.8) is 0 Å². The number of carbonyl (C=O) groups excluding carboxylic acids is 2. The first-order valence-corrected chi connectivity index (χ1v) is 8.97. The molecule has 0 saturated carbocycles. The molecular weight excluding hydrogens is 324 g/mol. The molecule has 1 fully saturated rings. The number of piperazine rings is 1. The zero-order valence-corrected chi connectivity index (χ0v) is 15.0. The number of carbonyl (C=O) groups is 2. The molecule has 0 bridgehead atoms. The summed E-state index contributed by atoms with van der Waals surface area (Å²) in [6, 6.07) is 5.82. The summed E-state index contributed by atoms with van der Waals surface area (Å²) in [5.74, 6) is -0.00208. The molecule has 0 aromatic carbocycles. The number of rotatable bonds is 3. The predicted octanol–water partition coefficient (Wildman–Crippen LogP) is 2.43. The minimum absolute atomic E-state index is 0.0595. The summed E-state index contributed by atoms with van der Waals surface area (Å²) in [7, 11) is 0. The molecule has 0 radical (unpaired) electrons. The van der Waals surface area contributed by atoms with Crippen LogP contribution in [0.2, 0.25) is 0 Å². The number of aryl methyl sites for hydroxylation is 1. The summed E-state index contributed by atoms with van der Waals surface area (Å²) >= 11 is 1.51. The molecule has 3 heterocycles. The fourth-order valence-electron chi connectivity index (χ4n) is 2.72. The SMILES string of the molecule is Cc1ccc(C(=O)N2CCN(C(=O)c3ccn(C(C)C)n3)CC2)s1. The average Bonchev–Trinajstić information content (AvgIpc) is 3.23. The third-order valence-corrected chi connectivity index (χ3v) is 5.15. The minimum Gasteiger partial charge on any atom is -0.334 e. The Kier molecular flexibility index (Phi) is 4.71. The molecule has 2 aromatic heterocycles. The molecule has 3 rings (SSSR count). The van der Waals surface area contributed by atoms with Crippen molar-refractivity contribution in [3.05, 3.63) is 39.8 Å². The summed E-state index contributed by atoms with van der Waals surface area (Å²) in [6.07, 6.45) is 1.83. The van der Waals surface area contributed by atoms with Crippen LogP contribution in [-0.2, 0) is 0 Å². The first-order chi connectivity index (χ1) is 11.5. The van der Waals surface area contributed by atoms with Crippen molar-refractivity contribution >= 4 is 23.2 Å². The molecule has 7 heteroatoms. The Bertz CT molecular complexity index is 741. The molecule has 128 valence electrons. The van der Waals surface area contributed by atoms with Gasteiger partial charge in [0.2, 0.25) is 0 Å². The summed E-state index contributed by atoms with van der Waals surface area (Å²) in [4.78, 5) is 30.5. The number of nitrogens with zero attached hydrogens (tertiary/aromatic N) is 4. The van der Waals surface area contributed by atoms with E-state index in [0.29, 0.717) is 31.9 Å². The summed E-state index contributed by atoms with van der Waals surface area (Å²) < 4.78 is 1.78. The molecule has 0 N–H and O–H groups in total. The third kappa shape index (κ3) is 3.36.